The summed E-state index contributed by atoms with van der Waals surface area (Å²) < 4.78 is 1.03. The zero-order chi connectivity index (χ0) is 22.8. The lowest BCUT2D eigenvalue weighted by Gasteiger charge is -2.31. The standard InChI is InChI=1S/C22H27N5O3S2/c1-4-12(2)24-9-6-17(28)26-21-18(20-25-15-11-23-8-5-16(15)31-20)14-7-10-27(22(29)30)13(3)19(14)32-21/h5,8,11-13,24H,4,6-7,9-10H2,1-3H3,(H,26,28)(H,29,30)/t12-,13?/m0/s1. The number of anilines is 1. The van der Waals surface area contributed by atoms with Crippen LogP contribution < -0.4 is 10.6 Å². The third-order valence-corrected chi connectivity index (χ3v) is 8.22. The number of carboxylic acid groups (broad SMARTS) is 1. The molecule has 10 heteroatoms. The first kappa shape index (κ1) is 22.6. The number of hydrogen-bond acceptors (Lipinski definition) is 7. The van der Waals surface area contributed by atoms with Crippen LogP contribution in [0.2, 0.25) is 0 Å². The predicted molar refractivity (Wildman–Crippen MR) is 129 cm³/mol. The number of thiophene rings is 1. The highest BCUT2D eigenvalue weighted by molar-refractivity contribution is 7.23. The van der Waals surface area contributed by atoms with Gasteiger partial charge in [0.1, 0.15) is 15.5 Å². The molecule has 0 bridgehead atoms. The Kier molecular flexibility index (Phi) is 6.73. The van der Waals surface area contributed by atoms with E-state index >= 15 is 0 Å². The van der Waals surface area contributed by atoms with Crippen molar-refractivity contribution in [2.24, 2.45) is 0 Å². The second kappa shape index (κ2) is 9.51. The Bertz CT molecular complexity index is 1110. The van der Waals surface area contributed by atoms with Crippen molar-refractivity contribution in [2.45, 2.75) is 52.1 Å². The highest BCUT2D eigenvalue weighted by Crippen LogP contribution is 2.48. The van der Waals surface area contributed by atoms with Crippen molar-refractivity contribution in [1.82, 2.24) is 20.2 Å². The third kappa shape index (κ3) is 4.48. The Balaban J connectivity index is 1.68. The van der Waals surface area contributed by atoms with Crippen LogP contribution in [0.15, 0.2) is 18.5 Å². The van der Waals surface area contributed by atoms with Crippen LogP contribution >= 0.6 is 22.7 Å². The number of thiazole rings is 1. The molecule has 0 saturated carbocycles. The number of fused-ring (bicyclic) bond motifs is 2. The number of aromatic nitrogens is 2. The molecule has 3 aromatic heterocycles. The molecule has 3 N–H and O–H groups in total. The molecule has 0 aliphatic carbocycles. The topological polar surface area (TPSA) is 107 Å². The quantitative estimate of drug-likeness (QED) is 0.458. The number of carbonyl (C=O) groups is 2. The molecular weight excluding hydrogens is 446 g/mol. The molecule has 0 fully saturated rings. The monoisotopic (exact) mass is 473 g/mol. The minimum atomic E-state index is -0.925. The maximum atomic E-state index is 12.7. The van der Waals surface area contributed by atoms with Crippen molar-refractivity contribution in [2.75, 3.05) is 18.4 Å². The number of amides is 2. The van der Waals surface area contributed by atoms with Gasteiger partial charge in [-0.2, -0.15) is 0 Å². The van der Waals surface area contributed by atoms with Crippen molar-refractivity contribution in [3.8, 4) is 10.6 Å². The van der Waals surface area contributed by atoms with Gasteiger partial charge in [0.15, 0.2) is 0 Å². The van der Waals surface area contributed by atoms with Crippen molar-refractivity contribution in [1.29, 1.82) is 0 Å². The molecule has 2 atom stereocenters. The van der Waals surface area contributed by atoms with E-state index in [1.165, 1.54) is 16.2 Å². The zero-order valence-corrected chi connectivity index (χ0v) is 20.0. The summed E-state index contributed by atoms with van der Waals surface area (Å²) in [5.74, 6) is -0.0637. The van der Waals surface area contributed by atoms with E-state index in [0.29, 0.717) is 32.0 Å². The number of nitrogens with zero attached hydrogens (tertiary/aromatic N) is 3. The molecule has 0 radical (unpaired) electrons. The molecule has 32 heavy (non-hydrogen) atoms. The molecular formula is C22H27N5O3S2. The minimum absolute atomic E-state index is 0.0637. The Morgan fingerprint density at radius 3 is 2.91 bits per heavy atom. The Morgan fingerprint density at radius 2 is 2.19 bits per heavy atom. The fourth-order valence-electron chi connectivity index (χ4n) is 3.86. The molecule has 2 amide bonds. The van der Waals surface area contributed by atoms with E-state index in [1.807, 2.05) is 13.0 Å². The number of rotatable bonds is 7. The van der Waals surface area contributed by atoms with Crippen LogP contribution in [0.4, 0.5) is 9.80 Å². The summed E-state index contributed by atoms with van der Waals surface area (Å²) in [5.41, 5.74) is 2.82. The molecule has 3 aromatic rings. The van der Waals surface area contributed by atoms with Gasteiger partial charge in [0.25, 0.3) is 0 Å². The van der Waals surface area contributed by atoms with Gasteiger partial charge in [0.05, 0.1) is 16.9 Å². The maximum absolute atomic E-state index is 12.7. The zero-order valence-electron chi connectivity index (χ0n) is 18.3. The average Bonchev–Trinajstić information content (AvgIpc) is 3.34. The van der Waals surface area contributed by atoms with Gasteiger partial charge >= 0.3 is 6.09 Å². The fraction of sp³-hybridized carbons (Fsp3) is 0.455. The van der Waals surface area contributed by atoms with E-state index in [0.717, 1.165) is 42.7 Å². The highest BCUT2D eigenvalue weighted by atomic mass is 32.1. The molecule has 4 heterocycles. The predicted octanol–water partition coefficient (Wildman–Crippen LogP) is 4.73. The summed E-state index contributed by atoms with van der Waals surface area (Å²) in [6, 6.07) is 2.03. The van der Waals surface area contributed by atoms with E-state index in [-0.39, 0.29) is 11.9 Å². The van der Waals surface area contributed by atoms with Crippen LogP contribution in [0.5, 0.6) is 0 Å². The van der Waals surface area contributed by atoms with E-state index < -0.39 is 6.09 Å². The smallest absolute Gasteiger partial charge is 0.407 e. The number of hydrogen-bond donors (Lipinski definition) is 3. The van der Waals surface area contributed by atoms with Crippen LogP contribution in [0.1, 0.15) is 50.1 Å². The molecule has 8 nitrogen and oxygen atoms in total. The summed E-state index contributed by atoms with van der Waals surface area (Å²) in [5, 5.41) is 17.6. The van der Waals surface area contributed by atoms with Crippen molar-refractivity contribution in [3.05, 3.63) is 28.9 Å². The first-order chi connectivity index (χ1) is 15.4. The van der Waals surface area contributed by atoms with Gasteiger partial charge < -0.3 is 20.6 Å². The first-order valence-corrected chi connectivity index (χ1v) is 12.4. The number of carbonyl (C=O) groups excluding carboxylic acids is 1. The van der Waals surface area contributed by atoms with Crippen LogP contribution in [0.25, 0.3) is 20.8 Å². The Morgan fingerprint density at radius 1 is 1.38 bits per heavy atom. The van der Waals surface area contributed by atoms with Gasteiger partial charge in [0, 0.05) is 42.2 Å². The van der Waals surface area contributed by atoms with Gasteiger partial charge in [-0.1, -0.05) is 6.92 Å². The minimum Gasteiger partial charge on any atom is -0.465 e. The van der Waals surface area contributed by atoms with Gasteiger partial charge in [-0.05, 0) is 38.3 Å². The van der Waals surface area contributed by atoms with Gasteiger partial charge in [-0.15, -0.1) is 22.7 Å². The highest BCUT2D eigenvalue weighted by Gasteiger charge is 2.34. The Labute approximate surface area is 194 Å². The third-order valence-electron chi connectivity index (χ3n) is 5.85. The number of pyridine rings is 1. The Hall–Kier alpha value is -2.56. The van der Waals surface area contributed by atoms with Crippen LogP contribution in [-0.4, -0.2) is 51.1 Å². The van der Waals surface area contributed by atoms with E-state index in [9.17, 15) is 14.7 Å². The molecule has 0 aromatic carbocycles. The molecule has 4 rings (SSSR count). The molecule has 170 valence electrons. The lowest BCUT2D eigenvalue weighted by molar-refractivity contribution is -0.116. The molecule has 0 spiro atoms. The molecule has 1 aliphatic heterocycles. The van der Waals surface area contributed by atoms with E-state index in [1.54, 1.807) is 23.7 Å². The van der Waals surface area contributed by atoms with Gasteiger partial charge in [-0.3, -0.25) is 9.78 Å². The number of nitrogens with one attached hydrogen (secondary N) is 2. The van der Waals surface area contributed by atoms with Crippen molar-refractivity contribution < 1.29 is 14.7 Å². The molecule has 1 unspecified atom stereocenters. The van der Waals surface area contributed by atoms with Crippen LogP contribution in [0, 0.1) is 0 Å². The van der Waals surface area contributed by atoms with Gasteiger partial charge in [0.2, 0.25) is 5.91 Å². The average molecular weight is 474 g/mol. The van der Waals surface area contributed by atoms with E-state index in [4.69, 9.17) is 4.98 Å². The normalized spacial score (nSPS) is 16.7. The SMILES string of the molecule is CC[C@H](C)NCCC(=O)Nc1sc2c(c1-c1nc3cnccc3s1)CCN(C(=O)O)C2C. The maximum Gasteiger partial charge on any atom is 0.407 e. The largest absolute Gasteiger partial charge is 0.465 e. The summed E-state index contributed by atoms with van der Waals surface area (Å²) in [6.07, 6.45) is 4.53. The summed E-state index contributed by atoms with van der Waals surface area (Å²) in [7, 11) is 0. The van der Waals surface area contributed by atoms with Crippen LogP contribution in [-0.2, 0) is 11.2 Å². The second-order valence-electron chi connectivity index (χ2n) is 7.97. The lowest BCUT2D eigenvalue weighted by atomic mass is 9.98. The van der Waals surface area contributed by atoms with Crippen molar-refractivity contribution >= 4 is 49.9 Å². The van der Waals surface area contributed by atoms with Crippen molar-refractivity contribution in [3.63, 3.8) is 0 Å². The summed E-state index contributed by atoms with van der Waals surface area (Å²) in [4.78, 5) is 35.8. The molecule has 1 aliphatic rings. The second-order valence-corrected chi connectivity index (χ2v) is 10.1. The summed E-state index contributed by atoms with van der Waals surface area (Å²) in [6.45, 7) is 7.13. The van der Waals surface area contributed by atoms with Gasteiger partial charge in [-0.25, -0.2) is 9.78 Å². The van der Waals surface area contributed by atoms with Crippen LogP contribution in [0.3, 0.4) is 0 Å². The summed E-state index contributed by atoms with van der Waals surface area (Å²) >= 11 is 3.03. The lowest BCUT2D eigenvalue weighted by Crippen LogP contribution is -2.37. The fourth-order valence-corrected chi connectivity index (χ4v) is 6.27. The molecule has 0 saturated heterocycles. The first-order valence-electron chi connectivity index (χ1n) is 10.8. The van der Waals surface area contributed by atoms with E-state index in [2.05, 4.69) is 29.5 Å².